The quantitative estimate of drug-likeness (QED) is 0.409. The fourth-order valence-corrected chi connectivity index (χ4v) is 1.98. The lowest BCUT2D eigenvalue weighted by molar-refractivity contribution is -0.142. The minimum atomic E-state index is -0.910. The molecule has 0 aliphatic heterocycles. The fraction of sp³-hybridized carbons (Fsp3) is 0.316. The minimum Gasteiger partial charge on any atom is -0.490 e. The molecule has 0 spiro atoms. The predicted octanol–water partition coefficient (Wildman–Crippen LogP) is 3.00. The highest BCUT2D eigenvalue weighted by molar-refractivity contribution is 5.86. The van der Waals surface area contributed by atoms with Crippen LogP contribution in [0, 0.1) is 0 Å². The summed E-state index contributed by atoms with van der Waals surface area (Å²) < 4.78 is 10.7. The average molecular weight is 316 g/mol. The van der Waals surface area contributed by atoms with Crippen molar-refractivity contribution in [2.45, 2.75) is 25.9 Å². The summed E-state index contributed by atoms with van der Waals surface area (Å²) in [5.74, 6) is 0.195. The Labute approximate surface area is 137 Å². The first kappa shape index (κ1) is 18.7. The topological polar surface area (TPSA) is 55.8 Å². The lowest BCUT2D eigenvalue weighted by atomic mass is 10.0. The van der Waals surface area contributed by atoms with Gasteiger partial charge in [0.05, 0.1) is 0 Å². The number of carbonyl (C=O) groups excluding carboxylic acids is 1. The summed E-state index contributed by atoms with van der Waals surface area (Å²) in [4.78, 5) is 11.3. The van der Waals surface area contributed by atoms with Crippen LogP contribution >= 0.6 is 0 Å². The van der Waals surface area contributed by atoms with Crippen molar-refractivity contribution in [1.29, 1.82) is 0 Å². The lowest BCUT2D eigenvalue weighted by Gasteiger charge is -2.17. The number of para-hydroxylation sites is 1. The van der Waals surface area contributed by atoms with Crippen LogP contribution in [0.25, 0.3) is 0 Å². The number of hydrogen-bond acceptors (Lipinski definition) is 4. The van der Waals surface area contributed by atoms with E-state index in [1.54, 1.807) is 19.1 Å². The third-order valence-corrected chi connectivity index (χ3v) is 3.08. The Morgan fingerprint density at radius 1 is 1.22 bits per heavy atom. The number of aliphatic hydroxyl groups is 1. The molecule has 0 saturated carbocycles. The molecule has 124 valence electrons. The molecular formula is C19H24O4. The predicted molar refractivity (Wildman–Crippen MR) is 91.5 cm³/mol. The van der Waals surface area contributed by atoms with Crippen molar-refractivity contribution in [3.05, 3.63) is 66.8 Å². The minimum absolute atomic E-state index is 0.0295. The number of esters is 1. The Morgan fingerprint density at radius 2 is 1.78 bits per heavy atom. The second-order valence-corrected chi connectivity index (χ2v) is 5.23. The molecule has 0 bridgehead atoms. The summed E-state index contributed by atoms with van der Waals surface area (Å²) >= 11 is 0. The molecule has 0 heterocycles. The van der Waals surface area contributed by atoms with Gasteiger partial charge in [0, 0.05) is 5.57 Å². The van der Waals surface area contributed by atoms with Crippen LogP contribution in [0.2, 0.25) is 0 Å². The number of rotatable bonds is 10. The lowest BCUT2D eigenvalue weighted by Crippen LogP contribution is -2.25. The van der Waals surface area contributed by atoms with Gasteiger partial charge in [-0.15, -0.1) is 13.2 Å². The highest BCUT2D eigenvalue weighted by Gasteiger charge is 2.13. The highest BCUT2D eigenvalue weighted by Crippen LogP contribution is 2.26. The number of benzene rings is 1. The zero-order valence-electron chi connectivity index (χ0n) is 13.6. The Balaban J connectivity index is 2.71. The smallest absolute Gasteiger partial charge is 0.333 e. The first-order chi connectivity index (χ1) is 11.0. The molecule has 0 aromatic heterocycles. The van der Waals surface area contributed by atoms with Crippen LogP contribution in [0.15, 0.2) is 55.7 Å². The number of carbonyl (C=O) groups is 1. The van der Waals surface area contributed by atoms with Gasteiger partial charge >= 0.3 is 5.97 Å². The molecule has 1 aromatic rings. The van der Waals surface area contributed by atoms with Gasteiger partial charge in [0.15, 0.2) is 0 Å². The number of allylic oxidation sites excluding steroid dienone is 2. The van der Waals surface area contributed by atoms with Crippen molar-refractivity contribution in [3.63, 3.8) is 0 Å². The van der Waals surface area contributed by atoms with Gasteiger partial charge in [0.25, 0.3) is 0 Å². The van der Waals surface area contributed by atoms with E-state index in [4.69, 9.17) is 9.47 Å². The number of hydrogen-bond donors (Lipinski definition) is 1. The van der Waals surface area contributed by atoms with Crippen molar-refractivity contribution in [2.24, 2.45) is 0 Å². The van der Waals surface area contributed by atoms with Crippen molar-refractivity contribution in [1.82, 2.24) is 0 Å². The Kier molecular flexibility index (Phi) is 7.84. The standard InChI is InChI=1S/C19H24O4/c1-5-8-15-10-7-11-16(9-6-2)18(15)22-12-17(20)13-23-19(21)14(3)4/h5-7,10-11,17,20H,1-3,8-9,12-13H2,4H3. The molecule has 4 nitrogen and oxygen atoms in total. The maximum atomic E-state index is 11.3. The zero-order chi connectivity index (χ0) is 17.2. The number of aliphatic hydroxyl groups excluding tert-OH is 1. The summed E-state index contributed by atoms with van der Waals surface area (Å²) in [5, 5.41) is 9.91. The van der Waals surface area contributed by atoms with Crippen LogP contribution < -0.4 is 4.74 Å². The van der Waals surface area contributed by atoms with Gasteiger partial charge in [-0.25, -0.2) is 4.79 Å². The van der Waals surface area contributed by atoms with E-state index in [1.807, 2.05) is 18.2 Å². The van der Waals surface area contributed by atoms with E-state index in [-0.39, 0.29) is 13.2 Å². The summed E-state index contributed by atoms with van der Waals surface area (Å²) in [6.07, 6.45) is 4.02. The van der Waals surface area contributed by atoms with Crippen molar-refractivity contribution >= 4 is 5.97 Å². The van der Waals surface area contributed by atoms with Gasteiger partial charge in [-0.2, -0.15) is 0 Å². The van der Waals surface area contributed by atoms with Crippen LogP contribution in [-0.2, 0) is 22.4 Å². The van der Waals surface area contributed by atoms with E-state index in [2.05, 4.69) is 19.7 Å². The summed E-state index contributed by atoms with van der Waals surface area (Å²) in [5.41, 5.74) is 2.28. The highest BCUT2D eigenvalue weighted by atomic mass is 16.5. The summed E-state index contributed by atoms with van der Waals surface area (Å²) in [6.45, 7) is 12.4. The molecule has 0 radical (unpaired) electrons. The second-order valence-electron chi connectivity index (χ2n) is 5.23. The Bertz CT molecular complexity index is 546. The molecule has 0 saturated heterocycles. The molecule has 1 aromatic carbocycles. The molecule has 1 atom stereocenters. The third-order valence-electron chi connectivity index (χ3n) is 3.08. The SMILES string of the molecule is C=CCc1cccc(CC=C)c1OCC(O)COC(=O)C(=C)C. The molecule has 1 N–H and O–H groups in total. The second kappa shape index (κ2) is 9.64. The van der Waals surface area contributed by atoms with E-state index < -0.39 is 12.1 Å². The van der Waals surface area contributed by atoms with Crippen LogP contribution in [-0.4, -0.2) is 30.4 Å². The van der Waals surface area contributed by atoms with Gasteiger partial charge < -0.3 is 14.6 Å². The first-order valence-electron chi connectivity index (χ1n) is 7.45. The van der Waals surface area contributed by atoms with Gasteiger partial charge in [-0.05, 0) is 30.9 Å². The van der Waals surface area contributed by atoms with Crippen molar-refractivity contribution in [2.75, 3.05) is 13.2 Å². The van der Waals surface area contributed by atoms with Gasteiger partial charge in [-0.1, -0.05) is 36.9 Å². The molecular weight excluding hydrogens is 292 g/mol. The normalized spacial score (nSPS) is 11.4. The Morgan fingerprint density at radius 3 is 2.26 bits per heavy atom. The molecule has 4 heteroatoms. The molecule has 0 amide bonds. The van der Waals surface area contributed by atoms with E-state index in [0.29, 0.717) is 18.4 Å². The van der Waals surface area contributed by atoms with Crippen molar-refractivity contribution in [3.8, 4) is 5.75 Å². The third kappa shape index (κ3) is 6.12. The first-order valence-corrected chi connectivity index (χ1v) is 7.45. The fourth-order valence-electron chi connectivity index (χ4n) is 1.98. The van der Waals surface area contributed by atoms with Gasteiger partial charge in [0.2, 0.25) is 0 Å². The van der Waals surface area contributed by atoms with E-state index in [0.717, 1.165) is 16.9 Å². The van der Waals surface area contributed by atoms with Gasteiger partial charge in [0.1, 0.15) is 25.1 Å². The van der Waals surface area contributed by atoms with Crippen LogP contribution in [0.3, 0.4) is 0 Å². The van der Waals surface area contributed by atoms with Crippen LogP contribution in [0.1, 0.15) is 18.1 Å². The molecule has 23 heavy (non-hydrogen) atoms. The monoisotopic (exact) mass is 316 g/mol. The maximum Gasteiger partial charge on any atom is 0.333 e. The Hall–Kier alpha value is -2.33. The average Bonchev–Trinajstić information content (AvgIpc) is 2.52. The van der Waals surface area contributed by atoms with E-state index in [1.165, 1.54) is 0 Å². The van der Waals surface area contributed by atoms with Crippen molar-refractivity contribution < 1.29 is 19.4 Å². The van der Waals surface area contributed by atoms with Crippen LogP contribution in [0.4, 0.5) is 0 Å². The largest absolute Gasteiger partial charge is 0.490 e. The molecule has 0 aliphatic carbocycles. The summed E-state index contributed by atoms with van der Waals surface area (Å²) in [6, 6.07) is 5.86. The number of ether oxygens (including phenoxy) is 2. The molecule has 1 unspecified atom stereocenters. The van der Waals surface area contributed by atoms with Crippen LogP contribution in [0.5, 0.6) is 5.75 Å². The maximum absolute atomic E-state index is 11.3. The molecule has 1 rings (SSSR count). The molecule has 0 fully saturated rings. The summed E-state index contributed by atoms with van der Waals surface area (Å²) in [7, 11) is 0. The molecule has 0 aliphatic rings. The van der Waals surface area contributed by atoms with E-state index >= 15 is 0 Å². The van der Waals surface area contributed by atoms with Gasteiger partial charge in [-0.3, -0.25) is 0 Å². The van der Waals surface area contributed by atoms with E-state index in [9.17, 15) is 9.90 Å². The zero-order valence-corrected chi connectivity index (χ0v) is 13.6.